The fourth-order valence-electron chi connectivity index (χ4n) is 17.5. The highest BCUT2D eigenvalue weighted by Crippen LogP contribution is 2.40. The number of azo groups is 1. The summed E-state index contributed by atoms with van der Waals surface area (Å²) in [7, 11) is 0. The van der Waals surface area contributed by atoms with E-state index < -0.39 is 0 Å². The van der Waals surface area contributed by atoms with Gasteiger partial charge in [-0.05, 0) is 227 Å². The predicted molar refractivity (Wildman–Crippen MR) is 498 cm³/mol. The highest BCUT2D eigenvalue weighted by atomic mass is 16.1. The molecule has 0 amide bonds. The van der Waals surface area contributed by atoms with Gasteiger partial charge < -0.3 is 0 Å². The second kappa shape index (κ2) is 49.5. The van der Waals surface area contributed by atoms with E-state index in [2.05, 4.69) is 308 Å². The van der Waals surface area contributed by atoms with Crippen LogP contribution in [-0.2, 0) is 37.0 Å². The van der Waals surface area contributed by atoms with Crippen molar-refractivity contribution in [2.24, 2.45) is 33.9 Å². The first-order chi connectivity index (χ1) is 57.5. The molecule has 9 aromatic carbocycles. The monoisotopic (exact) mass is 1530 g/mol. The highest BCUT2D eigenvalue weighted by molar-refractivity contribution is 6.00. The van der Waals surface area contributed by atoms with E-state index in [1.54, 1.807) is 12.2 Å². The van der Waals surface area contributed by atoms with Gasteiger partial charge in [-0.3, -0.25) is 4.79 Å². The van der Waals surface area contributed by atoms with E-state index in [4.69, 9.17) is 0 Å². The molecule has 1 aliphatic heterocycles. The Morgan fingerprint density at radius 3 is 1.00 bits per heavy atom. The topological polar surface area (TPSA) is 41.8 Å². The van der Waals surface area contributed by atoms with E-state index in [-0.39, 0.29) is 5.78 Å². The van der Waals surface area contributed by atoms with Gasteiger partial charge in [-0.15, -0.1) is 0 Å². The van der Waals surface area contributed by atoms with Crippen molar-refractivity contribution in [2.45, 2.75) is 218 Å². The second-order valence-electron chi connectivity index (χ2n) is 33.0. The zero-order valence-electron chi connectivity index (χ0n) is 69.5. The van der Waals surface area contributed by atoms with E-state index in [0.717, 1.165) is 87.3 Å². The molecule has 25 rings (SSSR count). The van der Waals surface area contributed by atoms with Crippen LogP contribution in [0.5, 0.6) is 0 Å². The van der Waals surface area contributed by atoms with Crippen LogP contribution in [0.3, 0.4) is 0 Å². The lowest BCUT2D eigenvalue weighted by atomic mass is 9.76. The van der Waals surface area contributed by atoms with Gasteiger partial charge >= 0.3 is 0 Å². The van der Waals surface area contributed by atoms with Gasteiger partial charge in [-0.25, -0.2) is 0 Å². The van der Waals surface area contributed by atoms with E-state index in [9.17, 15) is 4.79 Å². The van der Waals surface area contributed by atoms with E-state index in [1.807, 2.05) is 30.4 Å². The number of hydrogen-bond donors (Lipinski definition) is 0. The Bertz CT molecular complexity index is 4530. The Morgan fingerprint density at radius 1 is 0.284 bits per heavy atom. The summed E-state index contributed by atoms with van der Waals surface area (Å²) in [6.45, 7) is 0.760. The SMILES string of the molecule is C1=C(c2ccccc2)CC(c2ccccc2)=C1.C1=CC2CCC1C2.C1=CC2CCC1CC2.C1=CCC=C1.C1=Cc2ccccc2C1.C1=c2ccccc2=CC1.C1CCCC1.C1CCCCC1.C1CCCCCC1.O=C1C=CCC=C1.c1ccc2c(c1)CN=N2.c1ccc2c(c1)Cc1ccccc1-2.c1ccc2c(c1)Cc1ccccc1C2. The van der Waals surface area contributed by atoms with Gasteiger partial charge in [0.1, 0.15) is 0 Å². The molecule has 116 heavy (non-hydrogen) atoms. The van der Waals surface area contributed by atoms with Gasteiger partial charge in [0.25, 0.3) is 0 Å². The summed E-state index contributed by atoms with van der Waals surface area (Å²) >= 11 is 0. The molecule has 0 spiro atoms. The van der Waals surface area contributed by atoms with Crippen LogP contribution in [0.1, 0.15) is 247 Å². The predicted octanol–water partition coefficient (Wildman–Crippen LogP) is 30.1. The summed E-state index contributed by atoms with van der Waals surface area (Å²) in [6, 6.07) is 81.0. The first-order valence-electron chi connectivity index (χ1n) is 44.8. The first kappa shape index (κ1) is 85.0. The zero-order valence-corrected chi connectivity index (χ0v) is 69.5. The minimum absolute atomic E-state index is 0.103. The molecule has 2 atom stereocenters. The minimum atomic E-state index is 0.103. The first-order valence-corrected chi connectivity index (χ1v) is 44.8. The van der Waals surface area contributed by atoms with Crippen LogP contribution in [0.2, 0.25) is 0 Å². The van der Waals surface area contributed by atoms with Crippen molar-refractivity contribution in [1.29, 1.82) is 0 Å². The smallest absolute Gasteiger partial charge is 0.178 e. The summed E-state index contributed by atoms with van der Waals surface area (Å²) in [4.78, 5) is 10.3. The maximum absolute atomic E-state index is 10.3. The number of allylic oxidation sites excluding steroid dienone is 17. The molecule has 596 valence electrons. The third-order valence-electron chi connectivity index (χ3n) is 24.3. The summed E-state index contributed by atoms with van der Waals surface area (Å²) in [5, 5.41) is 10.6. The van der Waals surface area contributed by atoms with Crippen molar-refractivity contribution in [3.05, 3.63) is 393 Å². The van der Waals surface area contributed by atoms with Crippen LogP contribution in [0.4, 0.5) is 5.69 Å². The average molecular weight is 1530 g/mol. The summed E-state index contributed by atoms with van der Waals surface area (Å²) < 4.78 is 0. The standard InChI is InChI=1S/C17H14.C14H12.C13H10.2C9H8.C8H12.C7H6N2.C7H10.C7H14.C6H6O.C6H12.C5H10.C5H6/c1-3-7-14(8-4-1)16-11-12-17(13-16)15-9-5-2-6-10-15;1-2-6-12-10-14-8-4-3-7-13(14)9-11(12)5-1;1-3-7-12-10(5-1)9-11-6-2-4-8-13(11)12;2*1-2-5-9-7-3-6-8(9)4-1;1-2-8-5-3-7(1)4-6-8;1-2-4-7-6(3-1)5-8-9-7;1-2-7-4-3-6(1)5-7;1-2-4-6-7-5-3-1;7-6-4-2-1-3-5-6;1-2-4-6-5-3-1;2*1-2-4-5-3-1/h1-12H,13H2;1-8H,9-10H2;1-8H,9H2;1-2,4-7H,3H2;1-6H,7H2;1-2,7-8H,3-6H2;1-4H,5H2;1-2,6-7H,3-5H2;1-7H2;2-5H,1H2;1-6H2;1-5H2;1-4H,5H2. The second-order valence-corrected chi connectivity index (χ2v) is 33.0. The van der Waals surface area contributed by atoms with E-state index >= 15 is 0 Å². The Labute approximate surface area is 697 Å². The lowest BCUT2D eigenvalue weighted by molar-refractivity contribution is -0.110. The Morgan fingerprint density at radius 2 is 0.638 bits per heavy atom. The number of hydrogen-bond acceptors (Lipinski definition) is 3. The van der Waals surface area contributed by atoms with Crippen molar-refractivity contribution in [2.75, 3.05) is 0 Å². The quantitative estimate of drug-likeness (QED) is 0.126. The summed E-state index contributed by atoms with van der Waals surface area (Å²) in [5.74, 6) is 4.03. The van der Waals surface area contributed by atoms with Crippen molar-refractivity contribution in [3.8, 4) is 11.1 Å². The van der Waals surface area contributed by atoms with E-state index in [0.29, 0.717) is 0 Å². The molecule has 3 nitrogen and oxygen atoms in total. The maximum Gasteiger partial charge on any atom is 0.178 e. The summed E-state index contributed by atoms with van der Waals surface area (Å²) in [6.07, 6.45) is 84.1. The van der Waals surface area contributed by atoms with Gasteiger partial charge in [-0.2, -0.15) is 10.2 Å². The van der Waals surface area contributed by atoms with Crippen LogP contribution >= 0.6 is 0 Å². The number of rotatable bonds is 2. The van der Waals surface area contributed by atoms with Crippen LogP contribution in [-0.4, -0.2) is 5.78 Å². The van der Waals surface area contributed by atoms with Crippen LogP contribution in [0.15, 0.2) is 332 Å². The van der Waals surface area contributed by atoms with Gasteiger partial charge in [0.05, 0.1) is 12.2 Å². The molecule has 3 heteroatoms. The molecular weight excluding hydrogens is 1400 g/mol. The van der Waals surface area contributed by atoms with Crippen LogP contribution < -0.4 is 10.4 Å². The van der Waals surface area contributed by atoms with Crippen molar-refractivity contribution in [3.63, 3.8) is 0 Å². The van der Waals surface area contributed by atoms with Crippen LogP contribution in [0, 0.1) is 23.7 Å². The molecule has 0 N–H and O–H groups in total. The molecule has 5 saturated carbocycles. The van der Waals surface area contributed by atoms with Gasteiger partial charge in [-0.1, -0.05) is 437 Å². The molecule has 15 aliphatic carbocycles. The van der Waals surface area contributed by atoms with Gasteiger partial charge in [0.2, 0.25) is 0 Å². The zero-order chi connectivity index (χ0) is 79.3. The lowest BCUT2D eigenvalue weighted by Crippen LogP contribution is -2.19. The fraction of sp³-hybridized carbons (Fsp3) is 0.336. The Balaban J connectivity index is 0.000000118. The van der Waals surface area contributed by atoms with Crippen LogP contribution in [0.25, 0.3) is 40.5 Å². The number of carbonyl (C=O) groups excluding carboxylic acids is 1. The fourth-order valence-corrected chi connectivity index (χ4v) is 17.5. The number of ketones is 1. The average Bonchev–Trinajstić information content (AvgIpc) is 1.71. The molecule has 0 radical (unpaired) electrons. The molecule has 4 bridgehead atoms. The number of carbonyl (C=O) groups is 1. The molecule has 5 fully saturated rings. The van der Waals surface area contributed by atoms with Gasteiger partial charge in [0, 0.05) is 5.56 Å². The number of nitrogens with zero attached hydrogens (tertiary/aromatic N) is 2. The maximum atomic E-state index is 10.3. The van der Waals surface area contributed by atoms with Crippen molar-refractivity contribution < 1.29 is 4.79 Å². The molecular formula is C113H128N2O. The van der Waals surface area contributed by atoms with Crippen molar-refractivity contribution in [1.82, 2.24) is 0 Å². The number of fused-ring (bicyclic) bond motifs is 12. The molecule has 9 aromatic rings. The number of benzene rings is 9. The molecule has 2 unspecified atom stereocenters. The Hall–Kier alpha value is -10.4. The minimum Gasteiger partial charge on any atom is -0.290 e. The van der Waals surface area contributed by atoms with Crippen molar-refractivity contribution >= 4 is 40.8 Å². The highest BCUT2D eigenvalue weighted by Gasteiger charge is 2.26. The van der Waals surface area contributed by atoms with Gasteiger partial charge in [0.15, 0.2) is 5.78 Å². The lowest BCUT2D eigenvalue weighted by Gasteiger charge is -2.29. The summed E-state index contributed by atoms with van der Waals surface area (Å²) in [5.41, 5.74) is 22.3. The normalized spacial score (nSPS) is 19.6. The largest absolute Gasteiger partial charge is 0.290 e. The Kier molecular flexibility index (Phi) is 36.3. The third-order valence-corrected chi connectivity index (χ3v) is 24.3. The molecule has 1 heterocycles. The van der Waals surface area contributed by atoms with E-state index in [1.165, 1.54) is 254 Å². The molecule has 16 aliphatic rings. The molecule has 0 saturated heterocycles. The molecule has 0 aromatic heterocycles. The third kappa shape index (κ3) is 29.1.